The van der Waals surface area contributed by atoms with Crippen molar-refractivity contribution in [2.24, 2.45) is 0 Å². The standard InChI is InChI=1S/C59H112O5/c1-4-7-10-13-16-19-22-25-27-28-29-30-31-33-36-39-42-45-48-51-54-62-55-57(64-59(61)53-50-47-44-41-38-34-24-21-18-15-12-9-6-3)56-63-58(60)52-49-46-43-40-37-35-32-26-23-20-17-14-11-8-5-2/h12,15,21,24,57H,4-11,13-14,16-20,22-23,25-56H2,1-3H3/b15-12-,24-21-. The van der Waals surface area contributed by atoms with Crippen molar-refractivity contribution in [2.45, 2.75) is 322 Å². The Hall–Kier alpha value is -1.62. The molecule has 0 fully saturated rings. The summed E-state index contributed by atoms with van der Waals surface area (Å²) in [5.74, 6) is -0.391. The second-order valence-electron chi connectivity index (χ2n) is 19.6. The third-order valence-electron chi connectivity index (χ3n) is 13.0. The first-order chi connectivity index (χ1) is 31.6. The molecule has 0 aromatic rings. The number of allylic oxidation sites excluding steroid dienone is 4. The van der Waals surface area contributed by atoms with Crippen molar-refractivity contribution in [3.8, 4) is 0 Å². The Morgan fingerprint density at radius 1 is 0.344 bits per heavy atom. The van der Waals surface area contributed by atoms with Crippen molar-refractivity contribution >= 4 is 11.9 Å². The van der Waals surface area contributed by atoms with Crippen molar-refractivity contribution in [1.29, 1.82) is 0 Å². The second-order valence-corrected chi connectivity index (χ2v) is 19.6. The number of carbonyl (C=O) groups is 2. The van der Waals surface area contributed by atoms with E-state index in [9.17, 15) is 9.59 Å². The first-order valence-corrected chi connectivity index (χ1v) is 28.9. The van der Waals surface area contributed by atoms with Crippen LogP contribution in [0.3, 0.4) is 0 Å². The van der Waals surface area contributed by atoms with Gasteiger partial charge in [0.1, 0.15) is 6.61 Å². The molecule has 64 heavy (non-hydrogen) atoms. The van der Waals surface area contributed by atoms with E-state index in [-0.39, 0.29) is 18.5 Å². The summed E-state index contributed by atoms with van der Waals surface area (Å²) in [6, 6.07) is 0. The van der Waals surface area contributed by atoms with Gasteiger partial charge in [0.05, 0.1) is 6.61 Å². The zero-order chi connectivity index (χ0) is 46.3. The maximum Gasteiger partial charge on any atom is 0.306 e. The van der Waals surface area contributed by atoms with Crippen molar-refractivity contribution in [2.75, 3.05) is 19.8 Å². The van der Waals surface area contributed by atoms with Gasteiger partial charge in [-0.15, -0.1) is 0 Å². The fourth-order valence-corrected chi connectivity index (χ4v) is 8.67. The average Bonchev–Trinajstić information content (AvgIpc) is 3.30. The predicted octanol–water partition coefficient (Wildman–Crippen LogP) is 19.6. The molecule has 0 saturated heterocycles. The van der Waals surface area contributed by atoms with Crippen LogP contribution in [0.4, 0.5) is 0 Å². The molecule has 378 valence electrons. The number of hydrogen-bond donors (Lipinski definition) is 0. The van der Waals surface area contributed by atoms with Gasteiger partial charge >= 0.3 is 11.9 Å². The van der Waals surface area contributed by atoms with E-state index in [4.69, 9.17) is 14.2 Å². The van der Waals surface area contributed by atoms with E-state index in [1.165, 1.54) is 231 Å². The molecule has 0 aliphatic carbocycles. The highest BCUT2D eigenvalue weighted by molar-refractivity contribution is 5.70. The topological polar surface area (TPSA) is 61.8 Å². The van der Waals surface area contributed by atoms with Gasteiger partial charge in [0.15, 0.2) is 6.10 Å². The van der Waals surface area contributed by atoms with Crippen LogP contribution in [0.15, 0.2) is 24.3 Å². The quantitative estimate of drug-likeness (QED) is 0.0346. The number of unbranched alkanes of at least 4 members (excludes halogenated alkanes) is 39. The molecule has 0 aromatic carbocycles. The molecule has 0 radical (unpaired) electrons. The van der Waals surface area contributed by atoms with Crippen LogP contribution in [-0.4, -0.2) is 37.9 Å². The number of ether oxygens (including phenoxy) is 3. The third-order valence-corrected chi connectivity index (χ3v) is 13.0. The lowest BCUT2D eigenvalue weighted by Gasteiger charge is -2.18. The molecular formula is C59H112O5. The minimum absolute atomic E-state index is 0.0878. The van der Waals surface area contributed by atoms with Gasteiger partial charge in [-0.25, -0.2) is 0 Å². The largest absolute Gasteiger partial charge is 0.462 e. The molecule has 0 saturated carbocycles. The molecule has 0 bridgehead atoms. The fraction of sp³-hybridized carbons (Fsp3) is 0.898. The highest BCUT2D eigenvalue weighted by Gasteiger charge is 2.17. The number of carbonyl (C=O) groups excluding carboxylic acids is 2. The molecule has 0 amide bonds. The van der Waals surface area contributed by atoms with Crippen molar-refractivity contribution < 1.29 is 23.8 Å². The summed E-state index contributed by atoms with van der Waals surface area (Å²) in [6.07, 6.45) is 66.3. The second kappa shape index (κ2) is 55.7. The van der Waals surface area contributed by atoms with Gasteiger partial charge in [0.2, 0.25) is 0 Å². The van der Waals surface area contributed by atoms with Crippen LogP contribution in [0.2, 0.25) is 0 Å². The maximum absolute atomic E-state index is 12.8. The van der Waals surface area contributed by atoms with E-state index in [1.54, 1.807) is 0 Å². The first kappa shape index (κ1) is 62.4. The van der Waals surface area contributed by atoms with Crippen molar-refractivity contribution in [1.82, 2.24) is 0 Å². The summed E-state index contributed by atoms with van der Waals surface area (Å²) in [4.78, 5) is 25.5. The van der Waals surface area contributed by atoms with E-state index in [0.29, 0.717) is 26.1 Å². The zero-order valence-electron chi connectivity index (χ0n) is 43.6. The van der Waals surface area contributed by atoms with Gasteiger partial charge in [-0.3, -0.25) is 9.59 Å². The molecule has 0 aliphatic heterocycles. The normalized spacial score (nSPS) is 12.2. The van der Waals surface area contributed by atoms with Crippen LogP contribution in [0.5, 0.6) is 0 Å². The number of esters is 2. The molecule has 0 N–H and O–H groups in total. The van der Waals surface area contributed by atoms with Crippen LogP contribution < -0.4 is 0 Å². The zero-order valence-corrected chi connectivity index (χ0v) is 43.6. The highest BCUT2D eigenvalue weighted by atomic mass is 16.6. The SMILES string of the molecule is CCC/C=C\C/C=C\CCCCCCCC(=O)OC(COCCCCCCCCCCCCCCCCCCCCCC)COC(=O)CCCCCCCCCCCCCCCCC. The summed E-state index contributed by atoms with van der Waals surface area (Å²) in [5, 5.41) is 0. The number of hydrogen-bond acceptors (Lipinski definition) is 5. The molecule has 0 heterocycles. The van der Waals surface area contributed by atoms with E-state index in [0.717, 1.165) is 51.4 Å². The average molecular weight is 902 g/mol. The summed E-state index contributed by atoms with van der Waals surface area (Å²) in [7, 11) is 0. The summed E-state index contributed by atoms with van der Waals surface area (Å²) >= 11 is 0. The van der Waals surface area contributed by atoms with E-state index >= 15 is 0 Å². The molecule has 0 rings (SSSR count). The first-order valence-electron chi connectivity index (χ1n) is 28.9. The van der Waals surface area contributed by atoms with Crippen LogP contribution in [0.25, 0.3) is 0 Å². The minimum Gasteiger partial charge on any atom is -0.462 e. The van der Waals surface area contributed by atoms with Gasteiger partial charge in [-0.05, 0) is 44.9 Å². The maximum atomic E-state index is 12.8. The Labute approximate surface area is 400 Å². The summed E-state index contributed by atoms with van der Waals surface area (Å²) in [6.45, 7) is 7.82. The fourth-order valence-electron chi connectivity index (χ4n) is 8.67. The van der Waals surface area contributed by atoms with Crippen LogP contribution in [-0.2, 0) is 23.8 Å². The lowest BCUT2D eigenvalue weighted by Crippen LogP contribution is -2.30. The monoisotopic (exact) mass is 901 g/mol. The smallest absolute Gasteiger partial charge is 0.306 e. The Kier molecular flexibility index (Phi) is 54.3. The molecule has 1 unspecified atom stereocenters. The van der Waals surface area contributed by atoms with E-state index in [1.807, 2.05) is 0 Å². The molecule has 0 aromatic heterocycles. The summed E-state index contributed by atoms with van der Waals surface area (Å²) < 4.78 is 17.5. The van der Waals surface area contributed by atoms with Crippen molar-refractivity contribution in [3.63, 3.8) is 0 Å². The lowest BCUT2D eigenvalue weighted by atomic mass is 10.0. The molecule has 5 heteroatoms. The number of rotatable bonds is 54. The molecule has 5 nitrogen and oxygen atoms in total. The lowest BCUT2D eigenvalue weighted by molar-refractivity contribution is -0.163. The Bertz CT molecular complexity index is 974. The van der Waals surface area contributed by atoms with Crippen LogP contribution in [0, 0.1) is 0 Å². The third kappa shape index (κ3) is 53.0. The van der Waals surface area contributed by atoms with Gasteiger partial charge in [0.25, 0.3) is 0 Å². The van der Waals surface area contributed by atoms with Gasteiger partial charge < -0.3 is 14.2 Å². The van der Waals surface area contributed by atoms with Gasteiger partial charge in [-0.2, -0.15) is 0 Å². The minimum atomic E-state index is -0.536. The Morgan fingerprint density at radius 3 is 1.09 bits per heavy atom. The predicted molar refractivity (Wildman–Crippen MR) is 279 cm³/mol. The van der Waals surface area contributed by atoms with Crippen LogP contribution in [0.1, 0.15) is 316 Å². The molecule has 0 aliphatic rings. The Balaban J connectivity index is 4.18. The van der Waals surface area contributed by atoms with Crippen LogP contribution >= 0.6 is 0 Å². The van der Waals surface area contributed by atoms with Gasteiger partial charge in [0, 0.05) is 19.4 Å². The molecule has 1 atom stereocenters. The van der Waals surface area contributed by atoms with E-state index in [2.05, 4.69) is 45.1 Å². The van der Waals surface area contributed by atoms with E-state index < -0.39 is 6.10 Å². The molecule has 0 spiro atoms. The molecular weight excluding hydrogens is 789 g/mol. The summed E-state index contributed by atoms with van der Waals surface area (Å²) in [5.41, 5.74) is 0. The van der Waals surface area contributed by atoms with Crippen molar-refractivity contribution in [3.05, 3.63) is 24.3 Å². The Morgan fingerprint density at radius 2 is 0.688 bits per heavy atom. The highest BCUT2D eigenvalue weighted by Crippen LogP contribution is 2.17. The van der Waals surface area contributed by atoms with Gasteiger partial charge in [-0.1, -0.05) is 283 Å².